The van der Waals surface area contributed by atoms with Gasteiger partial charge in [0.25, 0.3) is 5.91 Å². The molecule has 14 heteroatoms. The molecule has 59 heavy (non-hydrogen) atoms. The maximum atomic E-state index is 14.1. The van der Waals surface area contributed by atoms with Crippen LogP contribution in [0.5, 0.6) is 0 Å². The molecule has 2 atom stereocenters. The number of nitrogens with zero attached hydrogens (tertiary/aromatic N) is 1. The minimum absolute atomic E-state index is 0.0559. The Morgan fingerprint density at radius 1 is 0.814 bits per heavy atom. The van der Waals surface area contributed by atoms with Gasteiger partial charge in [0, 0.05) is 23.1 Å². The van der Waals surface area contributed by atoms with Crippen LogP contribution in [-0.4, -0.2) is 44.8 Å². The minimum atomic E-state index is -5.36. The van der Waals surface area contributed by atoms with E-state index in [2.05, 4.69) is 28.2 Å². The van der Waals surface area contributed by atoms with E-state index in [0.29, 0.717) is 16.7 Å². The number of hydrogen-bond acceptors (Lipinski definition) is 7. The van der Waals surface area contributed by atoms with Crippen LogP contribution in [0, 0.1) is 24.5 Å². The van der Waals surface area contributed by atoms with Crippen molar-refractivity contribution < 1.29 is 51.1 Å². The molecule has 0 spiro atoms. The van der Waals surface area contributed by atoms with Crippen molar-refractivity contribution in [1.82, 2.24) is 5.16 Å². The van der Waals surface area contributed by atoms with Crippen molar-refractivity contribution in [1.29, 1.82) is 0 Å². The Kier molecular flexibility index (Phi) is 13.6. The highest BCUT2D eigenvalue weighted by molar-refractivity contribution is 6.08. The van der Waals surface area contributed by atoms with E-state index < -0.39 is 69.9 Å². The van der Waals surface area contributed by atoms with Gasteiger partial charge >= 0.3 is 17.8 Å². The Balaban J connectivity index is 0.000000273. The summed E-state index contributed by atoms with van der Waals surface area (Å²) in [7, 11) is 0. The number of aliphatic hydroxyl groups is 1. The second-order valence-electron chi connectivity index (χ2n) is 15.3. The zero-order valence-electron chi connectivity index (χ0n) is 32.9. The van der Waals surface area contributed by atoms with E-state index in [0.717, 1.165) is 17.7 Å². The number of anilines is 1. The number of carbonyl (C=O) groups is 3. The summed E-state index contributed by atoms with van der Waals surface area (Å²) in [6, 6.07) is 19.9. The van der Waals surface area contributed by atoms with Crippen LogP contribution in [0.15, 0.2) is 107 Å². The zero-order chi connectivity index (χ0) is 44.1. The number of alkyl halides is 3. The standard InChI is InChI=1S/C24H22F4N2O4.C21H21FO3/c1-5-14-6-7-15(25)10-19(14)22(3,4)12-23(33,24(26,27)28)21(32)29-16-8-9-17-18(11-16)13(2)30-34-20(17)31;1-4-14-10-11-16(22)12-18(14)21(2,3)13-17(20(24)25)19(23)15-8-6-5-7-9-15/h5-11,33H,1,12H2,2-4H3,(H,29,32);4-12,17H,1,13H2,2-3H3,(H,24,25). The number of aryl methyl sites for hydroxylation is 1. The van der Waals surface area contributed by atoms with Crippen molar-refractivity contribution in [2.75, 3.05) is 5.32 Å². The molecule has 3 N–H and O–H groups in total. The Morgan fingerprint density at radius 2 is 1.36 bits per heavy atom. The first-order valence-electron chi connectivity index (χ1n) is 18.1. The normalized spacial score (nSPS) is 13.3. The fourth-order valence-corrected chi connectivity index (χ4v) is 6.89. The largest absolute Gasteiger partial charge is 0.481 e. The molecule has 9 nitrogen and oxygen atoms in total. The van der Waals surface area contributed by atoms with Gasteiger partial charge in [-0.25, -0.2) is 13.6 Å². The summed E-state index contributed by atoms with van der Waals surface area (Å²) in [5, 5.41) is 26.3. The molecule has 1 heterocycles. The summed E-state index contributed by atoms with van der Waals surface area (Å²) in [5.41, 5.74) is -4.36. The zero-order valence-corrected chi connectivity index (χ0v) is 32.9. The molecular formula is C45H43F5N2O7. The third-order valence-electron chi connectivity index (χ3n) is 10.0. The van der Waals surface area contributed by atoms with Crippen LogP contribution in [0.25, 0.3) is 22.9 Å². The summed E-state index contributed by atoms with van der Waals surface area (Å²) in [5.74, 6) is -5.65. The number of halogens is 5. The molecular weight excluding hydrogens is 775 g/mol. The predicted molar refractivity (Wildman–Crippen MR) is 215 cm³/mol. The van der Waals surface area contributed by atoms with Gasteiger partial charge in [-0.05, 0) is 88.9 Å². The number of aliphatic carboxylic acids is 1. The monoisotopic (exact) mass is 818 g/mol. The number of rotatable bonds is 13. The maximum absolute atomic E-state index is 14.1. The second kappa shape index (κ2) is 17.7. The Labute approximate surface area is 336 Å². The summed E-state index contributed by atoms with van der Waals surface area (Å²) in [6.45, 7) is 15.2. The Hall–Kier alpha value is -6.28. The number of ketones is 1. The first kappa shape index (κ1) is 45.4. The van der Waals surface area contributed by atoms with Gasteiger partial charge < -0.3 is 20.1 Å². The number of carbonyl (C=O) groups excluding carboxylic acids is 2. The molecule has 0 radical (unpaired) electrons. The summed E-state index contributed by atoms with van der Waals surface area (Å²) < 4.78 is 74.4. The van der Waals surface area contributed by atoms with Crippen molar-refractivity contribution in [3.05, 3.63) is 154 Å². The van der Waals surface area contributed by atoms with E-state index in [1.165, 1.54) is 63.2 Å². The smallest absolute Gasteiger partial charge is 0.426 e. The fraction of sp³-hybridized carbons (Fsp3) is 0.267. The van der Waals surface area contributed by atoms with Gasteiger partial charge in [0.15, 0.2) is 5.78 Å². The quantitative estimate of drug-likeness (QED) is 0.0605. The maximum Gasteiger partial charge on any atom is 0.426 e. The van der Waals surface area contributed by atoms with Crippen molar-refractivity contribution in [3.63, 3.8) is 0 Å². The molecule has 0 aliphatic rings. The second-order valence-corrected chi connectivity index (χ2v) is 15.3. The van der Waals surface area contributed by atoms with Gasteiger partial charge in [0.1, 0.15) is 17.6 Å². The lowest BCUT2D eigenvalue weighted by atomic mass is 9.73. The average molecular weight is 819 g/mol. The SMILES string of the molecule is C=Cc1ccc(F)cc1C(C)(C)CC(C(=O)O)C(=O)c1ccccc1.C=Cc1ccc(F)cc1C(C)(C)CC(O)(C(=O)Nc1ccc2c(=O)onc(C)c2c1)C(F)(F)F. The lowest BCUT2D eigenvalue weighted by molar-refractivity contribution is -0.254. The number of fused-ring (bicyclic) bond motifs is 1. The topological polar surface area (TPSA) is 147 Å². The van der Waals surface area contributed by atoms with Crippen molar-refractivity contribution in [2.45, 2.75) is 70.1 Å². The average Bonchev–Trinajstić information content (AvgIpc) is 3.18. The van der Waals surface area contributed by atoms with Gasteiger partial charge in [0.2, 0.25) is 5.60 Å². The van der Waals surface area contributed by atoms with Gasteiger partial charge in [0.05, 0.1) is 11.1 Å². The number of Topliss-reactive ketones (excluding diaryl/α,β-unsaturated/α-hetero) is 1. The van der Waals surface area contributed by atoms with E-state index in [4.69, 9.17) is 0 Å². The molecule has 1 aromatic heterocycles. The molecule has 0 saturated carbocycles. The van der Waals surface area contributed by atoms with Gasteiger partial charge in [-0.2, -0.15) is 13.2 Å². The van der Waals surface area contributed by atoms with E-state index in [-0.39, 0.29) is 34.1 Å². The molecule has 0 aliphatic heterocycles. The number of benzene rings is 4. The summed E-state index contributed by atoms with van der Waals surface area (Å²) >= 11 is 0. The molecule has 4 aromatic carbocycles. The molecule has 1 amide bonds. The highest BCUT2D eigenvalue weighted by Crippen LogP contribution is 2.43. The summed E-state index contributed by atoms with van der Waals surface area (Å²) in [4.78, 5) is 49.0. The van der Waals surface area contributed by atoms with Crippen LogP contribution in [0.2, 0.25) is 0 Å². The minimum Gasteiger partial charge on any atom is -0.481 e. The van der Waals surface area contributed by atoms with E-state index in [1.807, 2.05) is 13.8 Å². The Morgan fingerprint density at radius 3 is 1.86 bits per heavy atom. The van der Waals surface area contributed by atoms with Gasteiger partial charge in [-0.15, -0.1) is 0 Å². The number of aromatic nitrogens is 1. The molecule has 0 fully saturated rings. The molecule has 5 aromatic rings. The number of carboxylic acid groups (broad SMARTS) is 1. The van der Waals surface area contributed by atoms with Crippen LogP contribution < -0.4 is 10.9 Å². The molecule has 0 aliphatic carbocycles. The fourth-order valence-electron chi connectivity index (χ4n) is 6.89. The summed E-state index contributed by atoms with van der Waals surface area (Å²) in [6.07, 6.45) is -3.44. The highest BCUT2D eigenvalue weighted by atomic mass is 19.4. The predicted octanol–water partition coefficient (Wildman–Crippen LogP) is 9.60. The van der Waals surface area contributed by atoms with Crippen LogP contribution >= 0.6 is 0 Å². The van der Waals surface area contributed by atoms with Crippen molar-refractivity contribution in [2.24, 2.45) is 5.92 Å². The van der Waals surface area contributed by atoms with Crippen molar-refractivity contribution >= 4 is 46.3 Å². The molecule has 2 unspecified atom stereocenters. The van der Waals surface area contributed by atoms with E-state index in [1.54, 1.807) is 42.5 Å². The van der Waals surface area contributed by atoms with Crippen LogP contribution in [0.4, 0.5) is 27.6 Å². The van der Waals surface area contributed by atoms with E-state index in [9.17, 15) is 51.3 Å². The molecule has 0 saturated heterocycles. The van der Waals surface area contributed by atoms with Gasteiger partial charge in [-0.1, -0.05) is 101 Å². The van der Waals surface area contributed by atoms with Crippen LogP contribution in [-0.2, 0) is 20.4 Å². The molecule has 5 rings (SSSR count). The third kappa shape index (κ3) is 10.2. The van der Waals surface area contributed by atoms with Crippen molar-refractivity contribution in [3.8, 4) is 0 Å². The molecule has 310 valence electrons. The number of hydrogen-bond donors (Lipinski definition) is 3. The van der Waals surface area contributed by atoms with Crippen LogP contribution in [0.1, 0.15) is 78.8 Å². The lowest BCUT2D eigenvalue weighted by Crippen LogP contribution is -2.57. The van der Waals surface area contributed by atoms with E-state index >= 15 is 0 Å². The van der Waals surface area contributed by atoms with Crippen LogP contribution in [0.3, 0.4) is 0 Å². The number of carboxylic acids is 1. The Bertz CT molecular complexity index is 2460. The van der Waals surface area contributed by atoms with Gasteiger partial charge in [-0.3, -0.25) is 14.4 Å². The highest BCUT2D eigenvalue weighted by Gasteiger charge is 2.61. The lowest BCUT2D eigenvalue weighted by Gasteiger charge is -2.37. The molecule has 0 bridgehead atoms. The number of nitrogens with one attached hydrogen (secondary N) is 1. The number of amides is 1. The third-order valence-corrected chi connectivity index (χ3v) is 10.0. The first-order chi connectivity index (χ1) is 27.4. The first-order valence-corrected chi connectivity index (χ1v) is 18.1.